The van der Waals surface area contributed by atoms with E-state index >= 15 is 0 Å². The minimum Gasteiger partial charge on any atom is -0.379 e. The Kier molecular flexibility index (Phi) is 6.30. The van der Waals surface area contributed by atoms with Crippen LogP contribution in [0.15, 0.2) is 29.4 Å². The van der Waals surface area contributed by atoms with Crippen LogP contribution in [-0.4, -0.2) is 61.8 Å². The Morgan fingerprint density at radius 3 is 3.04 bits per heavy atom. The number of ether oxygens (including phenoxy) is 1. The molecule has 0 saturated carbocycles. The van der Waals surface area contributed by atoms with Crippen molar-refractivity contribution < 1.29 is 4.74 Å². The molecule has 1 fully saturated rings. The molecule has 1 aromatic carbocycles. The third kappa shape index (κ3) is 4.96. The number of H-pyrrole nitrogens is 1. The predicted octanol–water partition coefficient (Wildman–Crippen LogP) is 1.65. The molecule has 1 saturated heterocycles. The van der Waals surface area contributed by atoms with Crippen molar-refractivity contribution in [2.75, 3.05) is 45.9 Å². The van der Waals surface area contributed by atoms with E-state index < -0.39 is 0 Å². The second kappa shape index (κ2) is 8.87. The topological polar surface area (TPSA) is 78.7 Å². The van der Waals surface area contributed by atoms with Crippen LogP contribution in [0.3, 0.4) is 0 Å². The molecule has 0 bridgehead atoms. The highest BCUT2D eigenvalue weighted by Crippen LogP contribution is 2.21. The Bertz CT molecular complexity index is 703. The van der Waals surface area contributed by atoms with Gasteiger partial charge in [-0.2, -0.15) is 0 Å². The van der Waals surface area contributed by atoms with Crippen molar-refractivity contribution in [2.45, 2.75) is 19.8 Å². The van der Waals surface area contributed by atoms with Crippen LogP contribution < -0.4 is 11.1 Å². The Morgan fingerprint density at radius 1 is 1.36 bits per heavy atom. The summed E-state index contributed by atoms with van der Waals surface area (Å²) in [5.41, 5.74) is 9.78. The van der Waals surface area contributed by atoms with E-state index in [1.807, 2.05) is 0 Å². The van der Waals surface area contributed by atoms with Crippen molar-refractivity contribution in [3.8, 4) is 0 Å². The first kappa shape index (κ1) is 17.8. The highest BCUT2D eigenvalue weighted by atomic mass is 16.5. The van der Waals surface area contributed by atoms with Crippen molar-refractivity contribution in [2.24, 2.45) is 10.7 Å². The second-order valence-electron chi connectivity index (χ2n) is 6.56. The van der Waals surface area contributed by atoms with Crippen LogP contribution in [0.5, 0.6) is 0 Å². The molecule has 6 heteroatoms. The van der Waals surface area contributed by atoms with Crippen molar-refractivity contribution in [3.05, 3.63) is 35.5 Å². The number of nitrogens with two attached hydrogens (primary N) is 1. The molecule has 1 aromatic heterocycles. The monoisotopic (exact) mass is 343 g/mol. The van der Waals surface area contributed by atoms with Gasteiger partial charge in [0, 0.05) is 49.8 Å². The number of hydrogen-bond donors (Lipinski definition) is 3. The number of aromatic amines is 1. The number of aliphatic imine (C=N–C) groups is 1. The summed E-state index contributed by atoms with van der Waals surface area (Å²) in [5, 5.41) is 4.51. The minimum absolute atomic E-state index is 0.540. The van der Waals surface area contributed by atoms with Gasteiger partial charge in [-0.1, -0.05) is 18.2 Å². The highest BCUT2D eigenvalue weighted by Gasteiger charge is 2.09. The summed E-state index contributed by atoms with van der Waals surface area (Å²) >= 11 is 0. The SMILES string of the molecule is Cc1cccc2c(CCNC(N)=NCCCN3CCOCC3)c[nH]c12. The zero-order chi connectivity index (χ0) is 17.5. The molecular weight excluding hydrogens is 314 g/mol. The van der Waals surface area contributed by atoms with Crippen LogP contribution in [0.1, 0.15) is 17.5 Å². The number of fused-ring (bicyclic) bond motifs is 1. The first-order valence-corrected chi connectivity index (χ1v) is 9.13. The number of guanidine groups is 1. The third-order valence-corrected chi connectivity index (χ3v) is 4.73. The molecule has 4 N–H and O–H groups in total. The average molecular weight is 343 g/mol. The Balaban J connectivity index is 1.38. The van der Waals surface area contributed by atoms with Crippen molar-refractivity contribution in [1.29, 1.82) is 0 Å². The average Bonchev–Trinajstić information content (AvgIpc) is 3.04. The Morgan fingerprint density at radius 2 is 2.20 bits per heavy atom. The molecule has 0 amide bonds. The maximum atomic E-state index is 5.97. The van der Waals surface area contributed by atoms with Gasteiger partial charge in [0.25, 0.3) is 0 Å². The number of hydrogen-bond acceptors (Lipinski definition) is 3. The zero-order valence-corrected chi connectivity index (χ0v) is 15.1. The summed E-state index contributed by atoms with van der Waals surface area (Å²) in [5.74, 6) is 0.540. The number of para-hydroxylation sites is 1. The van der Waals surface area contributed by atoms with Gasteiger partial charge in [0.15, 0.2) is 5.96 Å². The van der Waals surface area contributed by atoms with Crippen molar-refractivity contribution in [3.63, 3.8) is 0 Å². The fourth-order valence-corrected chi connectivity index (χ4v) is 3.27. The standard InChI is InChI=1S/C19H29N5O/c1-15-4-2-5-17-16(14-23-18(15)17)6-8-22-19(20)21-7-3-9-24-10-12-25-13-11-24/h2,4-5,14,23H,3,6-13H2,1H3,(H3,20,21,22). The van der Waals surface area contributed by atoms with Crippen LogP contribution in [0.25, 0.3) is 10.9 Å². The summed E-state index contributed by atoms with van der Waals surface area (Å²) in [6, 6.07) is 6.40. The van der Waals surface area contributed by atoms with E-state index in [2.05, 4.69) is 51.5 Å². The van der Waals surface area contributed by atoms with Crippen LogP contribution >= 0.6 is 0 Å². The molecule has 136 valence electrons. The Hall–Kier alpha value is -2.05. The van der Waals surface area contributed by atoms with Crippen molar-refractivity contribution >= 4 is 16.9 Å². The normalized spacial score (nSPS) is 16.4. The summed E-state index contributed by atoms with van der Waals surface area (Å²) in [6.45, 7) is 8.50. The van der Waals surface area contributed by atoms with Gasteiger partial charge < -0.3 is 20.8 Å². The third-order valence-electron chi connectivity index (χ3n) is 4.73. The van der Waals surface area contributed by atoms with E-state index in [9.17, 15) is 0 Å². The van der Waals surface area contributed by atoms with Gasteiger partial charge in [0.05, 0.1) is 13.2 Å². The molecule has 2 aromatic rings. The van der Waals surface area contributed by atoms with Gasteiger partial charge in [-0.25, -0.2) is 0 Å². The molecule has 1 aliphatic heterocycles. The maximum Gasteiger partial charge on any atom is 0.188 e. The van der Waals surface area contributed by atoms with E-state index in [-0.39, 0.29) is 0 Å². The van der Waals surface area contributed by atoms with Gasteiger partial charge in [0.1, 0.15) is 0 Å². The quantitative estimate of drug-likeness (QED) is 0.406. The van der Waals surface area contributed by atoms with E-state index in [1.54, 1.807) is 0 Å². The van der Waals surface area contributed by atoms with Crippen LogP contribution in [-0.2, 0) is 11.2 Å². The van der Waals surface area contributed by atoms with E-state index in [0.717, 1.165) is 58.8 Å². The van der Waals surface area contributed by atoms with Gasteiger partial charge >= 0.3 is 0 Å². The number of aromatic nitrogens is 1. The van der Waals surface area contributed by atoms with Gasteiger partial charge in [-0.3, -0.25) is 9.89 Å². The smallest absolute Gasteiger partial charge is 0.188 e. The lowest BCUT2D eigenvalue weighted by atomic mass is 10.1. The van der Waals surface area contributed by atoms with Gasteiger partial charge in [-0.15, -0.1) is 0 Å². The lowest BCUT2D eigenvalue weighted by Crippen LogP contribution is -2.37. The van der Waals surface area contributed by atoms with E-state index in [4.69, 9.17) is 10.5 Å². The predicted molar refractivity (Wildman–Crippen MR) is 103 cm³/mol. The van der Waals surface area contributed by atoms with E-state index in [1.165, 1.54) is 22.0 Å². The number of rotatable bonds is 7. The van der Waals surface area contributed by atoms with Crippen molar-refractivity contribution in [1.82, 2.24) is 15.2 Å². The van der Waals surface area contributed by atoms with Crippen LogP contribution in [0.2, 0.25) is 0 Å². The molecular formula is C19H29N5O. The number of morpholine rings is 1. The fraction of sp³-hybridized carbons (Fsp3) is 0.526. The van der Waals surface area contributed by atoms with Gasteiger partial charge in [-0.05, 0) is 30.9 Å². The zero-order valence-electron chi connectivity index (χ0n) is 15.1. The molecule has 1 aliphatic rings. The summed E-state index contributed by atoms with van der Waals surface area (Å²) < 4.78 is 5.35. The number of nitrogens with one attached hydrogen (secondary N) is 2. The number of nitrogens with zero attached hydrogens (tertiary/aromatic N) is 2. The first-order valence-electron chi connectivity index (χ1n) is 9.13. The maximum absolute atomic E-state index is 5.97. The molecule has 0 aliphatic carbocycles. The Labute approximate surface area is 149 Å². The lowest BCUT2D eigenvalue weighted by Gasteiger charge is -2.26. The highest BCUT2D eigenvalue weighted by molar-refractivity contribution is 5.86. The van der Waals surface area contributed by atoms with Crippen LogP contribution in [0, 0.1) is 6.92 Å². The molecule has 0 unspecified atom stereocenters. The lowest BCUT2D eigenvalue weighted by molar-refractivity contribution is 0.0377. The molecule has 25 heavy (non-hydrogen) atoms. The first-order chi connectivity index (χ1) is 12.2. The molecule has 0 radical (unpaired) electrons. The fourth-order valence-electron chi connectivity index (χ4n) is 3.27. The molecule has 0 spiro atoms. The summed E-state index contributed by atoms with van der Waals surface area (Å²) in [4.78, 5) is 10.2. The van der Waals surface area contributed by atoms with E-state index in [0.29, 0.717) is 5.96 Å². The summed E-state index contributed by atoms with van der Waals surface area (Å²) in [7, 11) is 0. The van der Waals surface area contributed by atoms with Gasteiger partial charge in [0.2, 0.25) is 0 Å². The molecule has 2 heterocycles. The molecule has 0 atom stereocenters. The summed E-state index contributed by atoms with van der Waals surface area (Å²) in [6.07, 6.45) is 4.05. The molecule has 6 nitrogen and oxygen atoms in total. The molecule has 3 rings (SSSR count). The largest absolute Gasteiger partial charge is 0.379 e. The second-order valence-corrected chi connectivity index (χ2v) is 6.56. The minimum atomic E-state index is 0.540. The van der Waals surface area contributed by atoms with Crippen LogP contribution in [0.4, 0.5) is 0 Å². The number of benzene rings is 1. The number of aryl methyl sites for hydroxylation is 1.